The lowest BCUT2D eigenvalue weighted by Crippen LogP contribution is -1.77. The molecule has 86 valence electrons. The van der Waals surface area contributed by atoms with Gasteiger partial charge in [-0.2, -0.15) is 0 Å². The molecule has 0 N–H and O–H groups in total. The molecule has 0 bridgehead atoms. The first-order valence-corrected chi connectivity index (χ1v) is 5.57. The third-order valence-electron chi connectivity index (χ3n) is 2.46. The topological polar surface area (TPSA) is 25.5 Å². The number of aliphatic imine (C=N–C) groups is 1. The molecule has 2 nitrogen and oxygen atoms in total. The van der Waals surface area contributed by atoms with Crippen LogP contribution in [0.15, 0.2) is 52.1 Å². The Balaban J connectivity index is 2.05. The van der Waals surface area contributed by atoms with E-state index in [-0.39, 0.29) is 0 Å². The van der Waals surface area contributed by atoms with E-state index >= 15 is 0 Å². The Hall–Kier alpha value is -2.09. The third-order valence-corrected chi connectivity index (χ3v) is 2.46. The van der Waals surface area contributed by atoms with Gasteiger partial charge in [0.1, 0.15) is 5.76 Å². The molecule has 17 heavy (non-hydrogen) atoms. The summed E-state index contributed by atoms with van der Waals surface area (Å²) in [5.74, 6) is 0.831. The molecule has 0 saturated heterocycles. The van der Waals surface area contributed by atoms with Crippen LogP contribution in [0.1, 0.15) is 16.9 Å². The van der Waals surface area contributed by atoms with E-state index < -0.39 is 0 Å². The summed E-state index contributed by atoms with van der Waals surface area (Å²) in [5.41, 5.74) is 3.44. The molecule has 0 fully saturated rings. The summed E-state index contributed by atoms with van der Waals surface area (Å²) in [6, 6.07) is 9.99. The van der Waals surface area contributed by atoms with Crippen molar-refractivity contribution in [3.63, 3.8) is 0 Å². The lowest BCUT2D eigenvalue weighted by Gasteiger charge is -1.99. The zero-order valence-electron chi connectivity index (χ0n) is 10.1. The molecule has 1 heterocycles. The molecule has 2 heteroatoms. The monoisotopic (exact) mass is 225 g/mol. The van der Waals surface area contributed by atoms with Crippen LogP contribution in [0, 0.1) is 13.8 Å². The highest BCUT2D eigenvalue weighted by Crippen LogP contribution is 2.18. The molecule has 0 saturated carbocycles. The maximum Gasteiger partial charge on any atom is 0.126 e. The van der Waals surface area contributed by atoms with E-state index in [0.29, 0.717) is 0 Å². The van der Waals surface area contributed by atoms with Gasteiger partial charge in [-0.25, -0.2) is 0 Å². The highest BCUT2D eigenvalue weighted by molar-refractivity contribution is 5.80. The molecular weight excluding hydrogens is 210 g/mol. The highest BCUT2D eigenvalue weighted by atomic mass is 16.3. The lowest BCUT2D eigenvalue weighted by molar-refractivity contribution is 0.557. The van der Waals surface area contributed by atoms with Gasteiger partial charge in [0.15, 0.2) is 0 Å². The van der Waals surface area contributed by atoms with Crippen LogP contribution in [0.25, 0.3) is 6.08 Å². The van der Waals surface area contributed by atoms with E-state index in [1.54, 1.807) is 12.5 Å². The Labute approximate surface area is 101 Å². The average molecular weight is 225 g/mol. The van der Waals surface area contributed by atoms with E-state index in [1.165, 1.54) is 11.1 Å². The Bertz CT molecular complexity index is 536. The van der Waals surface area contributed by atoms with E-state index in [9.17, 15) is 0 Å². The molecule has 1 aromatic heterocycles. The number of hydrogen-bond donors (Lipinski definition) is 0. The highest BCUT2D eigenvalue weighted by Gasteiger charge is 1.94. The van der Waals surface area contributed by atoms with Crippen molar-refractivity contribution in [1.29, 1.82) is 0 Å². The molecule has 0 aliphatic rings. The standard InChI is InChI=1S/C15H15NO/c1-12-7-8-15(13(2)11-12)16-9-3-5-14-6-4-10-17-14/h3-11H,1-2H3/b5-3+,16-9?. The molecule has 0 radical (unpaired) electrons. The lowest BCUT2D eigenvalue weighted by atomic mass is 10.1. The predicted octanol–water partition coefficient (Wildman–Crippen LogP) is 4.31. The van der Waals surface area contributed by atoms with E-state index in [2.05, 4.69) is 31.0 Å². The van der Waals surface area contributed by atoms with Crippen LogP contribution in [0.5, 0.6) is 0 Å². The smallest absolute Gasteiger partial charge is 0.126 e. The van der Waals surface area contributed by atoms with Crippen LogP contribution >= 0.6 is 0 Å². The maximum atomic E-state index is 5.18. The summed E-state index contributed by atoms with van der Waals surface area (Å²) in [5, 5.41) is 0. The van der Waals surface area contributed by atoms with Gasteiger partial charge in [-0.3, -0.25) is 4.99 Å². The Kier molecular flexibility index (Phi) is 3.55. The van der Waals surface area contributed by atoms with Gasteiger partial charge in [0.2, 0.25) is 0 Å². The first-order valence-electron chi connectivity index (χ1n) is 5.57. The number of benzene rings is 1. The Morgan fingerprint density at radius 2 is 2.06 bits per heavy atom. The fraction of sp³-hybridized carbons (Fsp3) is 0.133. The molecule has 0 amide bonds. The van der Waals surface area contributed by atoms with Crippen LogP contribution in [-0.2, 0) is 0 Å². The predicted molar refractivity (Wildman–Crippen MR) is 71.8 cm³/mol. The number of hydrogen-bond acceptors (Lipinski definition) is 2. The van der Waals surface area contributed by atoms with Crippen LogP contribution in [-0.4, -0.2) is 6.21 Å². The van der Waals surface area contributed by atoms with Crippen LogP contribution in [0.3, 0.4) is 0 Å². The molecular formula is C15H15NO. The van der Waals surface area contributed by atoms with Gasteiger partial charge < -0.3 is 4.42 Å². The first-order chi connectivity index (χ1) is 8.25. The van der Waals surface area contributed by atoms with E-state index in [0.717, 1.165) is 11.4 Å². The number of furan rings is 1. The van der Waals surface area contributed by atoms with Crippen LogP contribution in [0.2, 0.25) is 0 Å². The molecule has 0 aliphatic carbocycles. The SMILES string of the molecule is Cc1ccc(N=C/C=C/c2ccco2)c(C)c1. The van der Waals surface area contributed by atoms with Gasteiger partial charge in [0, 0.05) is 6.21 Å². The van der Waals surface area contributed by atoms with Crippen molar-refractivity contribution >= 4 is 18.0 Å². The number of rotatable bonds is 3. The average Bonchev–Trinajstić information content (AvgIpc) is 2.79. The van der Waals surface area contributed by atoms with Crippen molar-refractivity contribution in [3.05, 3.63) is 59.6 Å². The van der Waals surface area contributed by atoms with Gasteiger partial charge in [0.25, 0.3) is 0 Å². The van der Waals surface area contributed by atoms with E-state index in [1.807, 2.05) is 30.4 Å². The second-order valence-corrected chi connectivity index (χ2v) is 3.94. The molecule has 2 aromatic rings. The summed E-state index contributed by atoms with van der Waals surface area (Å²) in [6.45, 7) is 4.15. The summed E-state index contributed by atoms with van der Waals surface area (Å²) >= 11 is 0. The maximum absolute atomic E-state index is 5.18. The minimum atomic E-state index is 0.831. The second-order valence-electron chi connectivity index (χ2n) is 3.94. The van der Waals surface area contributed by atoms with Gasteiger partial charge in [0.05, 0.1) is 12.0 Å². The van der Waals surface area contributed by atoms with Crippen molar-refractivity contribution in [2.45, 2.75) is 13.8 Å². The molecule has 1 aromatic carbocycles. The van der Waals surface area contributed by atoms with Crippen molar-refractivity contribution in [1.82, 2.24) is 0 Å². The molecule has 0 atom stereocenters. The zero-order chi connectivity index (χ0) is 12.1. The zero-order valence-corrected chi connectivity index (χ0v) is 10.1. The van der Waals surface area contributed by atoms with Crippen molar-refractivity contribution in [2.24, 2.45) is 4.99 Å². The van der Waals surface area contributed by atoms with Crippen molar-refractivity contribution in [2.75, 3.05) is 0 Å². The molecule has 0 unspecified atom stereocenters. The number of allylic oxidation sites excluding steroid dienone is 1. The van der Waals surface area contributed by atoms with Crippen LogP contribution in [0.4, 0.5) is 5.69 Å². The molecule has 2 rings (SSSR count). The minimum Gasteiger partial charge on any atom is -0.465 e. The number of nitrogens with zero attached hydrogens (tertiary/aromatic N) is 1. The van der Waals surface area contributed by atoms with Gasteiger partial charge in [-0.15, -0.1) is 0 Å². The van der Waals surface area contributed by atoms with Crippen molar-refractivity contribution < 1.29 is 4.42 Å². The fourth-order valence-electron chi connectivity index (χ4n) is 1.60. The van der Waals surface area contributed by atoms with E-state index in [4.69, 9.17) is 4.42 Å². The first kappa shape index (κ1) is 11.4. The molecule has 0 spiro atoms. The summed E-state index contributed by atoms with van der Waals surface area (Å²) in [6.07, 6.45) is 7.19. The fourth-order valence-corrected chi connectivity index (χ4v) is 1.60. The van der Waals surface area contributed by atoms with Gasteiger partial charge in [-0.05, 0) is 49.8 Å². The number of aryl methyl sites for hydroxylation is 2. The minimum absolute atomic E-state index is 0.831. The largest absolute Gasteiger partial charge is 0.465 e. The quantitative estimate of drug-likeness (QED) is 0.714. The van der Waals surface area contributed by atoms with Crippen LogP contribution < -0.4 is 0 Å². The third kappa shape index (κ3) is 3.18. The Morgan fingerprint density at radius 3 is 2.76 bits per heavy atom. The summed E-state index contributed by atoms with van der Waals surface area (Å²) in [7, 11) is 0. The molecule has 0 aliphatic heterocycles. The Morgan fingerprint density at radius 1 is 1.18 bits per heavy atom. The van der Waals surface area contributed by atoms with Crippen molar-refractivity contribution in [3.8, 4) is 0 Å². The van der Waals surface area contributed by atoms with Gasteiger partial charge in [-0.1, -0.05) is 17.7 Å². The second kappa shape index (κ2) is 5.30. The summed E-state index contributed by atoms with van der Waals surface area (Å²) in [4.78, 5) is 4.39. The summed E-state index contributed by atoms with van der Waals surface area (Å²) < 4.78 is 5.18. The van der Waals surface area contributed by atoms with Gasteiger partial charge >= 0.3 is 0 Å². The normalized spacial score (nSPS) is 11.6.